The van der Waals surface area contributed by atoms with Gasteiger partial charge in [-0.2, -0.15) is 0 Å². The van der Waals surface area contributed by atoms with Gasteiger partial charge in [-0.15, -0.1) is 0 Å². The predicted octanol–water partition coefficient (Wildman–Crippen LogP) is 3.35. The lowest BCUT2D eigenvalue weighted by molar-refractivity contribution is 0.0691. The zero-order valence-corrected chi connectivity index (χ0v) is 15.5. The fourth-order valence-corrected chi connectivity index (χ4v) is 2.97. The maximum Gasteiger partial charge on any atom is 0.336 e. The Bertz CT molecular complexity index is 1070. The molecule has 0 aliphatic rings. The van der Waals surface area contributed by atoms with Gasteiger partial charge in [-0.05, 0) is 41.1 Å². The molecule has 3 aromatic rings. The molecule has 3 aromatic carbocycles. The number of fused-ring (bicyclic) bond motifs is 1. The zero-order valence-electron chi connectivity index (χ0n) is 14.7. The standard InChI is InChI=1S/C21H17ClN2O4/c22-16-7-3-6-15(10-16)19(25)23-8-9-24-20(26)17-11-13-4-1-2-5-14(13)12-18(17)21(27)28/h1-7,10-12H,8-9H2,(H,23,25)(H,24,26)(H,27,28). The predicted molar refractivity (Wildman–Crippen MR) is 107 cm³/mol. The molecule has 3 rings (SSSR count). The van der Waals surface area contributed by atoms with Crippen molar-refractivity contribution in [3.63, 3.8) is 0 Å². The summed E-state index contributed by atoms with van der Waals surface area (Å²) in [7, 11) is 0. The van der Waals surface area contributed by atoms with Gasteiger partial charge in [-0.25, -0.2) is 4.79 Å². The lowest BCUT2D eigenvalue weighted by atomic mass is 10.0. The van der Waals surface area contributed by atoms with Gasteiger partial charge in [0, 0.05) is 23.7 Å². The van der Waals surface area contributed by atoms with Gasteiger partial charge >= 0.3 is 5.97 Å². The van der Waals surface area contributed by atoms with Crippen LogP contribution in [-0.2, 0) is 0 Å². The Hall–Kier alpha value is -3.38. The summed E-state index contributed by atoms with van der Waals surface area (Å²) in [6.07, 6.45) is 0. The summed E-state index contributed by atoms with van der Waals surface area (Å²) in [5, 5.41) is 16.7. The van der Waals surface area contributed by atoms with Crippen molar-refractivity contribution in [1.82, 2.24) is 10.6 Å². The summed E-state index contributed by atoms with van der Waals surface area (Å²) in [4.78, 5) is 36.0. The molecule has 0 aliphatic heterocycles. The summed E-state index contributed by atoms with van der Waals surface area (Å²) in [5.41, 5.74) is 0.424. The Morgan fingerprint density at radius 3 is 2.00 bits per heavy atom. The molecule has 0 saturated heterocycles. The van der Waals surface area contributed by atoms with E-state index in [0.29, 0.717) is 10.6 Å². The molecule has 3 N–H and O–H groups in total. The van der Waals surface area contributed by atoms with Gasteiger partial charge in [0.1, 0.15) is 0 Å². The van der Waals surface area contributed by atoms with E-state index in [0.717, 1.165) is 10.8 Å². The maximum atomic E-state index is 12.5. The van der Waals surface area contributed by atoms with Crippen LogP contribution in [0.2, 0.25) is 5.02 Å². The fourth-order valence-electron chi connectivity index (χ4n) is 2.78. The van der Waals surface area contributed by atoms with E-state index in [1.54, 1.807) is 42.5 Å². The second-order valence-corrected chi connectivity index (χ2v) is 6.51. The minimum Gasteiger partial charge on any atom is -0.478 e. The van der Waals surface area contributed by atoms with Crippen LogP contribution in [0.4, 0.5) is 0 Å². The minimum absolute atomic E-state index is 0.0702. The normalized spacial score (nSPS) is 10.5. The second-order valence-electron chi connectivity index (χ2n) is 6.07. The number of halogens is 1. The van der Waals surface area contributed by atoms with Crippen molar-refractivity contribution >= 4 is 40.2 Å². The smallest absolute Gasteiger partial charge is 0.336 e. The molecule has 0 aromatic heterocycles. The van der Waals surface area contributed by atoms with E-state index < -0.39 is 11.9 Å². The zero-order chi connectivity index (χ0) is 20.1. The van der Waals surface area contributed by atoms with Crippen molar-refractivity contribution in [2.45, 2.75) is 0 Å². The second kappa shape index (κ2) is 8.54. The van der Waals surface area contributed by atoms with Gasteiger partial charge in [0.05, 0.1) is 11.1 Å². The van der Waals surface area contributed by atoms with Crippen LogP contribution in [0.1, 0.15) is 31.1 Å². The molecule has 0 saturated carbocycles. The summed E-state index contributed by atoms with van der Waals surface area (Å²) in [6.45, 7) is 0.337. The molecule has 2 amide bonds. The Labute approximate surface area is 166 Å². The van der Waals surface area contributed by atoms with Crippen molar-refractivity contribution in [3.8, 4) is 0 Å². The number of carbonyl (C=O) groups is 3. The minimum atomic E-state index is -1.18. The molecule has 0 radical (unpaired) electrons. The van der Waals surface area contributed by atoms with Crippen LogP contribution in [-0.4, -0.2) is 36.0 Å². The van der Waals surface area contributed by atoms with Crippen LogP contribution in [0.5, 0.6) is 0 Å². The van der Waals surface area contributed by atoms with E-state index >= 15 is 0 Å². The topological polar surface area (TPSA) is 95.5 Å². The largest absolute Gasteiger partial charge is 0.478 e. The number of benzene rings is 3. The molecule has 0 spiro atoms. The first kappa shape index (κ1) is 19.4. The summed E-state index contributed by atoms with van der Waals surface area (Å²) < 4.78 is 0. The van der Waals surface area contributed by atoms with Crippen molar-refractivity contribution in [2.75, 3.05) is 13.1 Å². The van der Waals surface area contributed by atoms with E-state index in [1.165, 1.54) is 6.07 Å². The number of carbonyl (C=O) groups excluding carboxylic acids is 2. The molecule has 28 heavy (non-hydrogen) atoms. The average molecular weight is 397 g/mol. The quantitative estimate of drug-likeness (QED) is 0.557. The van der Waals surface area contributed by atoms with Crippen LogP contribution in [0.25, 0.3) is 10.8 Å². The highest BCUT2D eigenvalue weighted by molar-refractivity contribution is 6.30. The number of carboxylic acid groups (broad SMARTS) is 1. The van der Waals surface area contributed by atoms with Gasteiger partial charge < -0.3 is 15.7 Å². The molecule has 0 bridgehead atoms. The average Bonchev–Trinajstić information content (AvgIpc) is 2.69. The van der Waals surface area contributed by atoms with Crippen LogP contribution in [0, 0.1) is 0 Å². The highest BCUT2D eigenvalue weighted by atomic mass is 35.5. The van der Waals surface area contributed by atoms with Crippen LogP contribution in [0.15, 0.2) is 60.7 Å². The van der Waals surface area contributed by atoms with Crippen LogP contribution >= 0.6 is 11.6 Å². The first-order valence-electron chi connectivity index (χ1n) is 8.54. The third kappa shape index (κ3) is 4.47. The van der Waals surface area contributed by atoms with Gasteiger partial charge in [0.15, 0.2) is 0 Å². The Morgan fingerprint density at radius 2 is 1.39 bits per heavy atom. The molecular formula is C21H17ClN2O4. The molecule has 142 valence electrons. The van der Waals surface area contributed by atoms with Crippen LogP contribution < -0.4 is 10.6 Å². The molecule has 0 unspecified atom stereocenters. The van der Waals surface area contributed by atoms with Crippen molar-refractivity contribution in [2.24, 2.45) is 0 Å². The number of nitrogens with one attached hydrogen (secondary N) is 2. The maximum absolute atomic E-state index is 12.5. The Morgan fingerprint density at radius 1 is 0.786 bits per heavy atom. The number of aromatic carboxylic acids is 1. The third-order valence-corrected chi connectivity index (χ3v) is 4.38. The number of rotatable bonds is 6. The third-order valence-electron chi connectivity index (χ3n) is 4.14. The Balaban J connectivity index is 1.64. The molecule has 0 atom stereocenters. The van der Waals surface area contributed by atoms with Crippen molar-refractivity contribution < 1.29 is 19.5 Å². The van der Waals surface area contributed by atoms with E-state index in [1.807, 2.05) is 12.1 Å². The van der Waals surface area contributed by atoms with E-state index in [2.05, 4.69) is 10.6 Å². The molecule has 0 aliphatic carbocycles. The molecule has 6 nitrogen and oxygen atoms in total. The first-order chi connectivity index (χ1) is 13.5. The highest BCUT2D eigenvalue weighted by Gasteiger charge is 2.17. The number of hydrogen-bond donors (Lipinski definition) is 3. The summed E-state index contributed by atoms with van der Waals surface area (Å²) >= 11 is 5.86. The first-order valence-corrected chi connectivity index (χ1v) is 8.91. The molecule has 0 fully saturated rings. The van der Waals surface area contributed by atoms with Crippen LogP contribution in [0.3, 0.4) is 0 Å². The summed E-state index contributed by atoms with van der Waals surface area (Å²) in [5.74, 6) is -2.00. The number of amides is 2. The van der Waals surface area contributed by atoms with Crippen molar-refractivity contribution in [3.05, 3.63) is 82.4 Å². The van der Waals surface area contributed by atoms with Gasteiger partial charge in [-0.3, -0.25) is 9.59 Å². The Kier molecular flexibility index (Phi) is 5.91. The van der Waals surface area contributed by atoms with Crippen molar-refractivity contribution in [1.29, 1.82) is 0 Å². The van der Waals surface area contributed by atoms with E-state index in [-0.39, 0.29) is 30.1 Å². The fraction of sp³-hybridized carbons (Fsp3) is 0.0952. The number of carboxylic acids is 1. The van der Waals surface area contributed by atoms with Gasteiger partial charge in [-0.1, -0.05) is 41.9 Å². The number of hydrogen-bond acceptors (Lipinski definition) is 3. The monoisotopic (exact) mass is 396 g/mol. The van der Waals surface area contributed by atoms with Gasteiger partial charge in [0.25, 0.3) is 11.8 Å². The molecular weight excluding hydrogens is 380 g/mol. The van der Waals surface area contributed by atoms with E-state index in [4.69, 9.17) is 11.6 Å². The summed E-state index contributed by atoms with van der Waals surface area (Å²) in [6, 6.07) is 16.8. The highest BCUT2D eigenvalue weighted by Crippen LogP contribution is 2.20. The van der Waals surface area contributed by atoms with Gasteiger partial charge in [0.2, 0.25) is 0 Å². The molecule has 0 heterocycles. The van der Waals surface area contributed by atoms with E-state index in [9.17, 15) is 19.5 Å². The molecule has 7 heteroatoms. The SMILES string of the molecule is O=C(NCCNC(=O)c1cc2ccccc2cc1C(=O)O)c1cccc(Cl)c1. The lowest BCUT2D eigenvalue weighted by Crippen LogP contribution is -2.35. The lowest BCUT2D eigenvalue weighted by Gasteiger charge is -2.10.